The topological polar surface area (TPSA) is 32.8 Å². The molecule has 2 heterocycles. The molecule has 4 heteroatoms. The van der Waals surface area contributed by atoms with Gasteiger partial charge in [0, 0.05) is 25.7 Å². The molecular weight excluding hydrogens is 372 g/mol. The van der Waals surface area contributed by atoms with E-state index < -0.39 is 0 Å². The molecule has 0 aromatic heterocycles. The van der Waals surface area contributed by atoms with Gasteiger partial charge in [0.2, 0.25) is 5.91 Å². The minimum atomic E-state index is 0.0727. The van der Waals surface area contributed by atoms with Gasteiger partial charge in [-0.25, -0.2) is 0 Å². The van der Waals surface area contributed by atoms with Crippen molar-refractivity contribution >= 4 is 16.7 Å². The Morgan fingerprint density at radius 2 is 1.90 bits per heavy atom. The molecule has 1 spiro atoms. The van der Waals surface area contributed by atoms with Crippen molar-refractivity contribution < 1.29 is 9.53 Å². The Labute approximate surface area is 180 Å². The minimum absolute atomic E-state index is 0.0727. The van der Waals surface area contributed by atoms with Gasteiger partial charge in [-0.1, -0.05) is 42.5 Å². The van der Waals surface area contributed by atoms with Crippen LogP contribution in [0.1, 0.15) is 50.5 Å². The fourth-order valence-corrected chi connectivity index (χ4v) is 6.15. The summed E-state index contributed by atoms with van der Waals surface area (Å²) >= 11 is 0. The molecular formula is C26H34N2O2. The molecule has 1 amide bonds. The maximum absolute atomic E-state index is 13.4. The summed E-state index contributed by atoms with van der Waals surface area (Å²) in [5, 5.41) is 2.40. The van der Waals surface area contributed by atoms with Crippen LogP contribution in [0.4, 0.5) is 0 Å². The van der Waals surface area contributed by atoms with E-state index in [0.29, 0.717) is 18.5 Å². The lowest BCUT2D eigenvalue weighted by Gasteiger charge is -2.48. The van der Waals surface area contributed by atoms with Crippen LogP contribution in [0.25, 0.3) is 10.8 Å². The van der Waals surface area contributed by atoms with Gasteiger partial charge in [-0.15, -0.1) is 0 Å². The lowest BCUT2D eigenvalue weighted by atomic mass is 9.76. The Balaban J connectivity index is 1.35. The smallest absolute Gasteiger partial charge is 0.227 e. The highest BCUT2D eigenvalue weighted by molar-refractivity contribution is 5.90. The number of hydrogen-bond donors (Lipinski definition) is 0. The van der Waals surface area contributed by atoms with Crippen LogP contribution in [0.15, 0.2) is 42.5 Å². The average molecular weight is 407 g/mol. The van der Waals surface area contributed by atoms with E-state index >= 15 is 0 Å². The second-order valence-corrected chi connectivity index (χ2v) is 9.58. The molecule has 4 nitrogen and oxygen atoms in total. The van der Waals surface area contributed by atoms with E-state index in [4.69, 9.17) is 4.74 Å². The Hall–Kier alpha value is -1.91. The van der Waals surface area contributed by atoms with E-state index in [1.807, 2.05) is 7.05 Å². The van der Waals surface area contributed by atoms with Gasteiger partial charge in [0.25, 0.3) is 0 Å². The molecule has 1 saturated carbocycles. The summed E-state index contributed by atoms with van der Waals surface area (Å²) in [5.74, 6) is 0.240. The normalized spacial score (nSPS) is 29.6. The molecule has 0 radical (unpaired) electrons. The molecule has 160 valence electrons. The lowest BCUT2D eigenvalue weighted by Crippen LogP contribution is -2.58. The number of ether oxygens (including phenoxy) is 1. The lowest BCUT2D eigenvalue weighted by molar-refractivity contribution is -0.136. The van der Waals surface area contributed by atoms with E-state index in [9.17, 15) is 4.79 Å². The van der Waals surface area contributed by atoms with Crippen LogP contribution < -0.4 is 0 Å². The molecule has 30 heavy (non-hydrogen) atoms. The number of likely N-dealkylation sites (tertiary alicyclic amines) is 1. The maximum atomic E-state index is 13.4. The first-order valence-electron chi connectivity index (χ1n) is 11.8. The molecule has 2 aromatic rings. The third kappa shape index (κ3) is 3.76. The minimum Gasteiger partial charge on any atom is -0.375 e. The maximum Gasteiger partial charge on any atom is 0.227 e. The second kappa shape index (κ2) is 8.32. The first-order chi connectivity index (χ1) is 14.7. The predicted octanol–water partition coefficient (Wildman–Crippen LogP) is 4.41. The zero-order valence-electron chi connectivity index (χ0n) is 18.2. The molecule has 0 bridgehead atoms. The van der Waals surface area contributed by atoms with Crippen LogP contribution >= 0.6 is 0 Å². The van der Waals surface area contributed by atoms with Crippen LogP contribution in [0.5, 0.6) is 0 Å². The quantitative estimate of drug-likeness (QED) is 0.754. The number of amides is 1. The zero-order chi connectivity index (χ0) is 20.6. The molecule has 3 fully saturated rings. The van der Waals surface area contributed by atoms with E-state index in [1.165, 1.54) is 49.5 Å². The summed E-state index contributed by atoms with van der Waals surface area (Å²) in [6.45, 7) is 3.25. The van der Waals surface area contributed by atoms with E-state index in [0.717, 1.165) is 31.4 Å². The van der Waals surface area contributed by atoms with Gasteiger partial charge in [0.1, 0.15) is 0 Å². The zero-order valence-corrected chi connectivity index (χ0v) is 18.2. The van der Waals surface area contributed by atoms with Crippen molar-refractivity contribution in [3.8, 4) is 0 Å². The summed E-state index contributed by atoms with van der Waals surface area (Å²) in [7, 11) is 2.04. The number of benzene rings is 2. The van der Waals surface area contributed by atoms with Crippen LogP contribution in [-0.4, -0.2) is 60.1 Å². The van der Waals surface area contributed by atoms with Crippen LogP contribution in [0.3, 0.4) is 0 Å². The van der Waals surface area contributed by atoms with Crippen molar-refractivity contribution in [2.45, 2.75) is 69.1 Å². The molecule has 2 aliphatic heterocycles. The average Bonchev–Trinajstić information content (AvgIpc) is 3.46. The van der Waals surface area contributed by atoms with Crippen molar-refractivity contribution in [1.82, 2.24) is 9.80 Å². The summed E-state index contributed by atoms with van der Waals surface area (Å²) in [5.41, 5.74) is 1.21. The second-order valence-electron chi connectivity index (χ2n) is 9.58. The van der Waals surface area contributed by atoms with Crippen molar-refractivity contribution in [2.75, 3.05) is 26.7 Å². The monoisotopic (exact) mass is 406 g/mol. The standard InChI is InChI=1S/C26H34N2O2/c1-27(25(29)18-21-10-6-9-20-8-2-3-11-22(20)21)23-12-14-26(13-7-17-30-26)19-24(23)28-15-4-5-16-28/h2-3,6,8-11,23-24H,4-5,7,12-19H2,1H3/t23-,24-,26+/m0/s1. The van der Waals surface area contributed by atoms with Gasteiger partial charge in [-0.05, 0) is 74.4 Å². The molecule has 2 aromatic carbocycles. The first-order valence-corrected chi connectivity index (χ1v) is 11.8. The Bertz CT molecular complexity index is 894. The number of nitrogens with zero attached hydrogens (tertiary/aromatic N) is 2. The largest absolute Gasteiger partial charge is 0.375 e. The Morgan fingerprint density at radius 3 is 2.70 bits per heavy atom. The van der Waals surface area contributed by atoms with Crippen molar-refractivity contribution in [3.05, 3.63) is 48.0 Å². The van der Waals surface area contributed by atoms with Gasteiger partial charge in [0.05, 0.1) is 12.0 Å². The van der Waals surface area contributed by atoms with Gasteiger partial charge in [-0.3, -0.25) is 9.69 Å². The molecule has 1 aliphatic carbocycles. The number of carbonyl (C=O) groups excluding carboxylic acids is 1. The van der Waals surface area contributed by atoms with Crippen LogP contribution in [-0.2, 0) is 16.0 Å². The number of carbonyl (C=O) groups is 1. The summed E-state index contributed by atoms with van der Waals surface area (Å²) in [6, 6.07) is 15.4. The molecule has 3 atom stereocenters. The summed E-state index contributed by atoms with van der Waals surface area (Å²) in [4.78, 5) is 18.1. The number of rotatable bonds is 4. The first kappa shape index (κ1) is 20.0. The third-order valence-corrected chi connectivity index (χ3v) is 7.83. The molecule has 0 unspecified atom stereocenters. The summed E-state index contributed by atoms with van der Waals surface area (Å²) < 4.78 is 6.27. The van der Waals surface area contributed by atoms with Crippen LogP contribution in [0, 0.1) is 0 Å². The van der Waals surface area contributed by atoms with Gasteiger partial charge < -0.3 is 9.64 Å². The van der Waals surface area contributed by atoms with Gasteiger partial charge >= 0.3 is 0 Å². The van der Waals surface area contributed by atoms with E-state index in [1.54, 1.807) is 0 Å². The third-order valence-electron chi connectivity index (χ3n) is 7.83. The van der Waals surface area contributed by atoms with Crippen molar-refractivity contribution in [1.29, 1.82) is 0 Å². The Morgan fingerprint density at radius 1 is 1.10 bits per heavy atom. The summed E-state index contributed by atoms with van der Waals surface area (Å²) in [6.07, 6.45) is 8.65. The number of hydrogen-bond acceptors (Lipinski definition) is 3. The predicted molar refractivity (Wildman–Crippen MR) is 121 cm³/mol. The fraction of sp³-hybridized carbons (Fsp3) is 0.577. The number of fused-ring (bicyclic) bond motifs is 1. The Kier molecular flexibility index (Phi) is 5.55. The fourth-order valence-electron chi connectivity index (χ4n) is 6.15. The molecule has 3 aliphatic rings. The molecule has 0 N–H and O–H groups in total. The van der Waals surface area contributed by atoms with Gasteiger partial charge in [-0.2, -0.15) is 0 Å². The van der Waals surface area contributed by atoms with E-state index in [2.05, 4.69) is 52.3 Å². The molecule has 5 rings (SSSR count). The highest BCUT2D eigenvalue weighted by Crippen LogP contribution is 2.43. The highest BCUT2D eigenvalue weighted by Gasteiger charge is 2.47. The van der Waals surface area contributed by atoms with Crippen molar-refractivity contribution in [2.24, 2.45) is 0 Å². The van der Waals surface area contributed by atoms with Crippen LogP contribution in [0.2, 0.25) is 0 Å². The van der Waals surface area contributed by atoms with E-state index in [-0.39, 0.29) is 11.5 Å². The molecule has 2 saturated heterocycles. The number of likely N-dealkylation sites (N-methyl/N-ethyl adjacent to an activating group) is 1. The SMILES string of the molecule is CN(C(=O)Cc1cccc2ccccc12)[C@H]1CC[C@]2(CCCO2)C[C@@H]1N1CCCC1. The van der Waals surface area contributed by atoms with Gasteiger partial charge in [0.15, 0.2) is 0 Å². The van der Waals surface area contributed by atoms with Crippen molar-refractivity contribution in [3.63, 3.8) is 0 Å². The highest BCUT2D eigenvalue weighted by atomic mass is 16.5.